The Morgan fingerprint density at radius 1 is 1.40 bits per heavy atom. The van der Waals surface area contributed by atoms with E-state index in [2.05, 4.69) is 17.1 Å². The lowest BCUT2D eigenvalue weighted by molar-refractivity contribution is 0.205. The second kappa shape index (κ2) is 6.01. The molecular weight excluding hydrogens is 280 g/mol. The summed E-state index contributed by atoms with van der Waals surface area (Å²) in [6.45, 7) is 3.90. The fraction of sp³-hybridized carbons (Fsp3) is 0.500. The number of rotatable bonds is 3. The van der Waals surface area contributed by atoms with Gasteiger partial charge in [-0.25, -0.2) is 8.78 Å². The summed E-state index contributed by atoms with van der Waals surface area (Å²) in [5.74, 6) is -0.985. The van der Waals surface area contributed by atoms with Crippen molar-refractivity contribution in [2.75, 3.05) is 25.5 Å². The van der Waals surface area contributed by atoms with Crippen molar-refractivity contribution in [3.8, 4) is 0 Å². The van der Waals surface area contributed by atoms with Crippen LogP contribution in [0.15, 0.2) is 12.1 Å². The van der Waals surface area contributed by atoms with Gasteiger partial charge in [0.2, 0.25) is 0 Å². The van der Waals surface area contributed by atoms with E-state index < -0.39 is 11.6 Å². The summed E-state index contributed by atoms with van der Waals surface area (Å²) in [5.41, 5.74) is 5.51. The summed E-state index contributed by atoms with van der Waals surface area (Å²) in [4.78, 5) is 2.20. The molecule has 2 unspecified atom stereocenters. The summed E-state index contributed by atoms with van der Waals surface area (Å²) in [6, 6.07) is 2.41. The molecule has 2 atom stereocenters. The molecule has 0 bridgehead atoms. The molecule has 0 saturated carbocycles. The van der Waals surface area contributed by atoms with Crippen molar-refractivity contribution in [3.63, 3.8) is 0 Å². The highest BCUT2D eigenvalue weighted by Crippen LogP contribution is 2.26. The number of nitrogens with two attached hydrogens (primary N) is 1. The Bertz CT molecular complexity index is 498. The Balaban J connectivity index is 2.19. The van der Waals surface area contributed by atoms with E-state index in [9.17, 15) is 8.78 Å². The lowest BCUT2D eigenvalue weighted by Gasteiger charge is -2.35. The molecule has 0 amide bonds. The zero-order chi connectivity index (χ0) is 14.9. The van der Waals surface area contributed by atoms with Gasteiger partial charge in [0.1, 0.15) is 22.3 Å². The van der Waals surface area contributed by atoms with Gasteiger partial charge in [-0.15, -0.1) is 0 Å². The summed E-state index contributed by atoms with van der Waals surface area (Å²) in [6.07, 6.45) is 0.855. The SMILES string of the molecule is CC1CN(C)CCC1Nc1c(F)cc(C(N)=S)cc1F. The third-order valence-corrected chi connectivity index (χ3v) is 4.00. The Morgan fingerprint density at radius 3 is 2.50 bits per heavy atom. The Hall–Kier alpha value is -1.27. The minimum absolute atomic E-state index is 0.0120. The molecule has 0 spiro atoms. The largest absolute Gasteiger partial charge is 0.389 e. The minimum Gasteiger partial charge on any atom is -0.389 e. The van der Waals surface area contributed by atoms with Crippen molar-refractivity contribution >= 4 is 22.9 Å². The summed E-state index contributed by atoms with van der Waals surface area (Å²) < 4.78 is 28.0. The first-order chi connectivity index (χ1) is 9.38. The summed E-state index contributed by atoms with van der Waals surface area (Å²) in [5, 5.41) is 2.99. The second-order valence-electron chi connectivity index (χ2n) is 5.46. The van der Waals surface area contributed by atoms with E-state index in [1.54, 1.807) is 0 Å². The van der Waals surface area contributed by atoms with Gasteiger partial charge in [0.25, 0.3) is 0 Å². The molecule has 1 saturated heterocycles. The van der Waals surface area contributed by atoms with Crippen molar-refractivity contribution in [1.29, 1.82) is 0 Å². The number of hydrogen-bond acceptors (Lipinski definition) is 3. The molecule has 20 heavy (non-hydrogen) atoms. The summed E-state index contributed by atoms with van der Waals surface area (Å²) >= 11 is 4.74. The third-order valence-electron chi connectivity index (χ3n) is 3.76. The highest BCUT2D eigenvalue weighted by Gasteiger charge is 2.26. The van der Waals surface area contributed by atoms with E-state index in [0.29, 0.717) is 5.92 Å². The van der Waals surface area contributed by atoms with Crippen LogP contribution in [0.3, 0.4) is 0 Å². The first kappa shape index (κ1) is 15.1. The number of nitrogens with one attached hydrogen (secondary N) is 1. The van der Waals surface area contributed by atoms with E-state index >= 15 is 0 Å². The molecular formula is C14H19F2N3S. The lowest BCUT2D eigenvalue weighted by Crippen LogP contribution is -2.43. The van der Waals surface area contributed by atoms with Gasteiger partial charge in [0.15, 0.2) is 0 Å². The van der Waals surface area contributed by atoms with Gasteiger partial charge in [-0.3, -0.25) is 0 Å². The Kier molecular flexibility index (Phi) is 4.55. The van der Waals surface area contributed by atoms with E-state index in [0.717, 1.165) is 19.5 Å². The topological polar surface area (TPSA) is 41.3 Å². The third kappa shape index (κ3) is 3.24. The van der Waals surface area contributed by atoms with Gasteiger partial charge in [0, 0.05) is 18.2 Å². The van der Waals surface area contributed by atoms with Gasteiger partial charge in [-0.1, -0.05) is 19.1 Å². The van der Waals surface area contributed by atoms with Crippen LogP contribution in [0.2, 0.25) is 0 Å². The summed E-state index contributed by atoms with van der Waals surface area (Å²) in [7, 11) is 2.05. The standard InChI is InChI=1S/C14H19F2N3S/c1-8-7-19(2)4-3-12(8)18-13-10(15)5-9(14(17)20)6-11(13)16/h5-6,8,12,18H,3-4,7H2,1-2H3,(H2,17,20). The average molecular weight is 299 g/mol. The van der Waals surface area contributed by atoms with Crippen molar-refractivity contribution < 1.29 is 8.78 Å². The first-order valence-electron chi connectivity index (χ1n) is 6.62. The zero-order valence-electron chi connectivity index (χ0n) is 11.6. The highest BCUT2D eigenvalue weighted by molar-refractivity contribution is 7.80. The molecule has 1 aromatic rings. The van der Waals surface area contributed by atoms with Gasteiger partial charge in [-0.05, 0) is 38.1 Å². The quantitative estimate of drug-likeness (QED) is 0.841. The molecule has 1 heterocycles. The number of thiocarbonyl (C=S) groups is 1. The molecule has 1 fully saturated rings. The zero-order valence-corrected chi connectivity index (χ0v) is 12.4. The lowest BCUT2D eigenvalue weighted by atomic mass is 9.94. The number of halogens is 2. The van der Waals surface area contributed by atoms with Gasteiger partial charge in [0.05, 0.1) is 0 Å². The molecule has 0 aliphatic carbocycles. The van der Waals surface area contributed by atoms with Gasteiger partial charge >= 0.3 is 0 Å². The molecule has 6 heteroatoms. The fourth-order valence-corrected chi connectivity index (χ4v) is 2.73. The number of anilines is 1. The van der Waals surface area contributed by atoms with E-state index in [1.807, 2.05) is 7.05 Å². The molecule has 1 aliphatic rings. The monoisotopic (exact) mass is 299 g/mol. The number of benzene rings is 1. The molecule has 110 valence electrons. The average Bonchev–Trinajstić information content (AvgIpc) is 2.35. The molecule has 2 rings (SSSR count). The van der Waals surface area contributed by atoms with Crippen molar-refractivity contribution in [3.05, 3.63) is 29.3 Å². The van der Waals surface area contributed by atoms with Crippen LogP contribution >= 0.6 is 12.2 Å². The number of piperidine rings is 1. The van der Waals surface area contributed by atoms with Gasteiger partial charge < -0.3 is 16.0 Å². The molecule has 1 aromatic carbocycles. The fourth-order valence-electron chi connectivity index (χ4n) is 2.61. The maximum atomic E-state index is 14.0. The number of likely N-dealkylation sites (tertiary alicyclic amines) is 1. The maximum absolute atomic E-state index is 14.0. The number of hydrogen-bond donors (Lipinski definition) is 2. The van der Waals surface area contributed by atoms with E-state index in [4.69, 9.17) is 18.0 Å². The first-order valence-corrected chi connectivity index (χ1v) is 7.03. The predicted octanol–water partition coefficient (Wildman–Crippen LogP) is 2.35. The molecule has 0 radical (unpaired) electrons. The van der Waals surface area contributed by atoms with Crippen LogP contribution < -0.4 is 11.1 Å². The minimum atomic E-state index is -0.654. The second-order valence-corrected chi connectivity index (χ2v) is 5.90. The van der Waals surface area contributed by atoms with Crippen LogP contribution in [0.1, 0.15) is 18.9 Å². The van der Waals surface area contributed by atoms with Crippen LogP contribution in [0.5, 0.6) is 0 Å². The normalized spacial score (nSPS) is 23.6. The van der Waals surface area contributed by atoms with Crippen molar-refractivity contribution in [2.45, 2.75) is 19.4 Å². The molecule has 3 nitrogen and oxygen atoms in total. The number of nitrogens with zero attached hydrogens (tertiary/aromatic N) is 1. The predicted molar refractivity (Wildman–Crippen MR) is 80.9 cm³/mol. The smallest absolute Gasteiger partial charge is 0.150 e. The maximum Gasteiger partial charge on any atom is 0.150 e. The molecule has 3 N–H and O–H groups in total. The van der Waals surface area contributed by atoms with Crippen LogP contribution in [-0.2, 0) is 0 Å². The van der Waals surface area contributed by atoms with Gasteiger partial charge in [-0.2, -0.15) is 0 Å². The van der Waals surface area contributed by atoms with Crippen LogP contribution in [0.25, 0.3) is 0 Å². The van der Waals surface area contributed by atoms with Crippen LogP contribution in [0, 0.1) is 17.6 Å². The molecule has 1 aliphatic heterocycles. The van der Waals surface area contributed by atoms with Crippen molar-refractivity contribution in [1.82, 2.24) is 4.90 Å². The Labute approximate surface area is 123 Å². The highest BCUT2D eigenvalue weighted by atomic mass is 32.1. The van der Waals surface area contributed by atoms with Crippen molar-refractivity contribution in [2.24, 2.45) is 11.7 Å². The molecule has 0 aromatic heterocycles. The van der Waals surface area contributed by atoms with Crippen LogP contribution in [-0.4, -0.2) is 36.1 Å². The van der Waals surface area contributed by atoms with Crippen LogP contribution in [0.4, 0.5) is 14.5 Å². The van der Waals surface area contributed by atoms with E-state index in [1.165, 1.54) is 12.1 Å². The Morgan fingerprint density at radius 2 is 2.00 bits per heavy atom. The van der Waals surface area contributed by atoms with E-state index in [-0.39, 0.29) is 22.3 Å².